The molecule has 0 radical (unpaired) electrons. The Labute approximate surface area is 138 Å². The molecule has 0 bridgehead atoms. The van der Waals surface area contributed by atoms with E-state index in [9.17, 15) is 0 Å². The molecule has 1 aromatic heterocycles. The van der Waals surface area contributed by atoms with E-state index >= 15 is 0 Å². The molecule has 0 atom stereocenters. The van der Waals surface area contributed by atoms with Gasteiger partial charge in [-0.25, -0.2) is 4.98 Å². The van der Waals surface area contributed by atoms with Crippen molar-refractivity contribution in [2.24, 2.45) is 0 Å². The van der Waals surface area contributed by atoms with Crippen LogP contribution in [0.4, 0.5) is 5.69 Å². The topological polar surface area (TPSA) is 12.9 Å². The molecule has 2 heteroatoms. The first-order valence-electron chi connectivity index (χ1n) is 8.06. The van der Waals surface area contributed by atoms with Crippen molar-refractivity contribution in [2.75, 3.05) is 20.6 Å². The maximum absolute atomic E-state index is 4.67. The average molecular weight is 303 g/mol. The van der Waals surface area contributed by atoms with E-state index in [1.54, 1.807) is 0 Å². The van der Waals surface area contributed by atoms with Gasteiger partial charge >= 0.3 is 0 Å². The number of pyridine rings is 1. The van der Waals surface area contributed by atoms with Gasteiger partial charge < -0.3 is 0 Å². The molecule has 0 aliphatic carbocycles. The number of rotatable bonds is 4. The fourth-order valence-electron chi connectivity index (χ4n) is 2.53. The summed E-state index contributed by atoms with van der Waals surface area (Å²) in [5, 5.41) is 1.17. The lowest BCUT2D eigenvalue weighted by atomic mass is 10.1. The molecule has 0 aliphatic rings. The summed E-state index contributed by atoms with van der Waals surface area (Å²) in [6.07, 6.45) is 4.19. The van der Waals surface area contributed by atoms with Crippen molar-refractivity contribution in [3.05, 3.63) is 71.9 Å². The summed E-state index contributed by atoms with van der Waals surface area (Å²) in [6, 6.07) is 21.1. The first-order chi connectivity index (χ1) is 11.1. The standard InChI is InChI=1S/C21H23N2/c1-4-23(2,3)20-15-10-17(11-16-20)9-13-19-14-12-18-7-5-6-8-21(18)22-19/h5-16H,4H2,1-3H3/q+1/b13-9+. The Kier molecular flexibility index (Phi) is 4.26. The number of benzene rings is 2. The quantitative estimate of drug-likeness (QED) is 0.619. The third-order valence-corrected chi connectivity index (χ3v) is 4.45. The maximum Gasteiger partial charge on any atom is 0.132 e. The highest BCUT2D eigenvalue weighted by Gasteiger charge is 2.14. The van der Waals surface area contributed by atoms with Crippen LogP contribution in [0, 0.1) is 0 Å². The molecule has 0 N–H and O–H groups in total. The van der Waals surface area contributed by atoms with E-state index in [2.05, 4.69) is 80.6 Å². The Bertz CT molecular complexity index is 830. The molecular formula is C21H23N2+. The van der Waals surface area contributed by atoms with Gasteiger partial charge in [0.15, 0.2) is 0 Å². The Morgan fingerprint density at radius 1 is 0.870 bits per heavy atom. The van der Waals surface area contributed by atoms with Crippen LogP contribution in [-0.2, 0) is 0 Å². The predicted molar refractivity (Wildman–Crippen MR) is 101 cm³/mol. The van der Waals surface area contributed by atoms with Gasteiger partial charge in [0.1, 0.15) is 5.69 Å². The molecule has 0 saturated carbocycles. The van der Waals surface area contributed by atoms with Crippen molar-refractivity contribution in [1.29, 1.82) is 0 Å². The van der Waals surface area contributed by atoms with Gasteiger partial charge in [0.25, 0.3) is 0 Å². The highest BCUT2D eigenvalue weighted by molar-refractivity contribution is 5.80. The van der Waals surface area contributed by atoms with Crippen LogP contribution >= 0.6 is 0 Å². The summed E-state index contributed by atoms with van der Waals surface area (Å²) in [6.45, 7) is 3.29. The van der Waals surface area contributed by atoms with Crippen molar-refractivity contribution in [3.63, 3.8) is 0 Å². The molecule has 0 saturated heterocycles. The van der Waals surface area contributed by atoms with Gasteiger partial charge in [-0.3, -0.25) is 4.48 Å². The van der Waals surface area contributed by atoms with Crippen LogP contribution in [0.5, 0.6) is 0 Å². The first-order valence-corrected chi connectivity index (χ1v) is 8.06. The highest BCUT2D eigenvalue weighted by atomic mass is 15.3. The summed E-state index contributed by atoms with van der Waals surface area (Å²) in [4.78, 5) is 4.67. The van der Waals surface area contributed by atoms with Crippen molar-refractivity contribution >= 4 is 28.7 Å². The molecule has 0 unspecified atom stereocenters. The van der Waals surface area contributed by atoms with Gasteiger partial charge in [-0.15, -0.1) is 0 Å². The summed E-state index contributed by atoms with van der Waals surface area (Å²) >= 11 is 0. The SMILES string of the molecule is CC[N+](C)(C)c1ccc(/C=C/c2ccc3ccccc3n2)cc1. The Balaban J connectivity index is 1.81. The van der Waals surface area contributed by atoms with E-state index in [0.717, 1.165) is 22.2 Å². The van der Waals surface area contributed by atoms with Crippen LogP contribution < -0.4 is 4.48 Å². The third-order valence-electron chi connectivity index (χ3n) is 4.45. The van der Waals surface area contributed by atoms with Crippen molar-refractivity contribution in [2.45, 2.75) is 6.92 Å². The highest BCUT2D eigenvalue weighted by Crippen LogP contribution is 2.20. The lowest BCUT2D eigenvalue weighted by molar-refractivity contribution is 0.421. The second-order valence-electron chi connectivity index (χ2n) is 6.35. The zero-order valence-corrected chi connectivity index (χ0v) is 14.0. The van der Waals surface area contributed by atoms with E-state index in [4.69, 9.17) is 0 Å². The molecular weight excluding hydrogens is 280 g/mol. The van der Waals surface area contributed by atoms with Gasteiger partial charge in [-0.05, 0) is 55.0 Å². The maximum atomic E-state index is 4.67. The molecule has 3 aromatic rings. The van der Waals surface area contributed by atoms with Crippen molar-refractivity contribution < 1.29 is 0 Å². The summed E-state index contributed by atoms with van der Waals surface area (Å²) in [7, 11) is 4.45. The Morgan fingerprint density at radius 3 is 2.35 bits per heavy atom. The normalized spacial score (nSPS) is 12.1. The molecule has 2 nitrogen and oxygen atoms in total. The number of para-hydroxylation sites is 1. The number of hydrogen-bond donors (Lipinski definition) is 0. The summed E-state index contributed by atoms with van der Waals surface area (Å²) < 4.78 is 0.899. The molecule has 1 heterocycles. The number of quaternary nitrogens is 1. The lowest BCUT2D eigenvalue weighted by Crippen LogP contribution is -2.39. The van der Waals surface area contributed by atoms with Crippen molar-refractivity contribution in [3.8, 4) is 0 Å². The largest absolute Gasteiger partial charge is 0.296 e. The molecule has 23 heavy (non-hydrogen) atoms. The molecule has 2 aromatic carbocycles. The van der Waals surface area contributed by atoms with Crippen LogP contribution in [0.15, 0.2) is 60.7 Å². The van der Waals surface area contributed by atoms with Gasteiger partial charge in [0.05, 0.1) is 31.9 Å². The van der Waals surface area contributed by atoms with Gasteiger partial charge in [0.2, 0.25) is 0 Å². The van der Waals surface area contributed by atoms with Crippen LogP contribution in [0.25, 0.3) is 23.1 Å². The fraction of sp³-hybridized carbons (Fsp3) is 0.190. The van der Waals surface area contributed by atoms with Crippen LogP contribution in [0.2, 0.25) is 0 Å². The summed E-state index contributed by atoms with van der Waals surface area (Å²) in [5.74, 6) is 0. The van der Waals surface area contributed by atoms with E-state index < -0.39 is 0 Å². The average Bonchev–Trinajstić information content (AvgIpc) is 2.60. The van der Waals surface area contributed by atoms with Gasteiger partial charge in [0, 0.05) is 5.39 Å². The smallest absolute Gasteiger partial charge is 0.132 e. The van der Waals surface area contributed by atoms with Gasteiger partial charge in [-0.1, -0.05) is 30.3 Å². The number of hydrogen-bond acceptors (Lipinski definition) is 1. The fourth-order valence-corrected chi connectivity index (χ4v) is 2.53. The molecule has 0 fully saturated rings. The Hall–Kier alpha value is -2.45. The van der Waals surface area contributed by atoms with Crippen LogP contribution in [0.1, 0.15) is 18.2 Å². The minimum Gasteiger partial charge on any atom is -0.296 e. The van der Waals surface area contributed by atoms with E-state index in [1.807, 2.05) is 18.2 Å². The number of aromatic nitrogens is 1. The number of fused-ring (bicyclic) bond motifs is 1. The third kappa shape index (κ3) is 3.49. The summed E-state index contributed by atoms with van der Waals surface area (Å²) in [5.41, 5.74) is 4.54. The zero-order chi connectivity index (χ0) is 16.3. The zero-order valence-electron chi connectivity index (χ0n) is 14.0. The predicted octanol–water partition coefficient (Wildman–Crippen LogP) is 4.99. The van der Waals surface area contributed by atoms with Crippen molar-refractivity contribution in [1.82, 2.24) is 9.47 Å². The second kappa shape index (κ2) is 6.35. The molecule has 0 spiro atoms. The van der Waals surface area contributed by atoms with E-state index in [0.29, 0.717) is 0 Å². The minimum atomic E-state index is 0.899. The van der Waals surface area contributed by atoms with Crippen LogP contribution in [-0.4, -0.2) is 25.6 Å². The van der Waals surface area contributed by atoms with Gasteiger partial charge in [-0.2, -0.15) is 0 Å². The molecule has 116 valence electrons. The van der Waals surface area contributed by atoms with E-state index in [-0.39, 0.29) is 0 Å². The minimum absolute atomic E-state index is 0.899. The van der Waals surface area contributed by atoms with Crippen LogP contribution in [0.3, 0.4) is 0 Å². The molecule has 3 rings (SSSR count). The van der Waals surface area contributed by atoms with E-state index in [1.165, 1.54) is 16.6 Å². The molecule has 0 aliphatic heterocycles. The Morgan fingerprint density at radius 2 is 1.61 bits per heavy atom. The number of nitrogens with zero attached hydrogens (tertiary/aromatic N) is 2. The first kappa shape index (κ1) is 15.4. The lowest BCUT2D eigenvalue weighted by Gasteiger charge is -2.27. The second-order valence-corrected chi connectivity index (χ2v) is 6.35. The molecule has 0 amide bonds. The monoisotopic (exact) mass is 303 g/mol.